The molecule has 3 N–H and O–H groups in total. The monoisotopic (exact) mass is 274 g/mol. The van der Waals surface area contributed by atoms with Crippen LogP contribution < -0.4 is 16.0 Å². The number of rotatable bonds is 1. The Kier molecular flexibility index (Phi) is 2.26. The number of nitrogens with two attached hydrogens (primary N) is 1. The Bertz CT molecular complexity index is 684. The molecule has 1 unspecified atom stereocenters. The van der Waals surface area contributed by atoms with Crippen LogP contribution in [0.2, 0.25) is 0 Å². The van der Waals surface area contributed by atoms with E-state index in [1.165, 1.54) is 0 Å². The maximum absolute atomic E-state index is 11.6. The van der Waals surface area contributed by atoms with Crippen LogP contribution in [-0.2, 0) is 0 Å². The second-order valence-corrected chi connectivity index (χ2v) is 5.11. The summed E-state index contributed by atoms with van der Waals surface area (Å²) in [6.45, 7) is 2.92. The third-order valence-corrected chi connectivity index (χ3v) is 4.00. The minimum absolute atomic E-state index is 0.0280. The SMILES string of the molecule is Nc1ccc(N2CCN3C(=O)NCC3C2)c2nonc12. The molecular weight excluding hydrogens is 260 g/mol. The Morgan fingerprint density at radius 2 is 2.15 bits per heavy atom. The second kappa shape index (κ2) is 3.99. The van der Waals surface area contributed by atoms with Gasteiger partial charge in [0.05, 0.1) is 17.4 Å². The number of amides is 2. The molecule has 0 saturated carbocycles. The van der Waals surface area contributed by atoms with Gasteiger partial charge in [0.25, 0.3) is 0 Å². The van der Waals surface area contributed by atoms with Crippen LogP contribution in [0.5, 0.6) is 0 Å². The Hall–Kier alpha value is -2.51. The molecule has 3 heterocycles. The number of anilines is 2. The van der Waals surface area contributed by atoms with Gasteiger partial charge in [-0.15, -0.1) is 0 Å². The molecule has 2 fully saturated rings. The summed E-state index contributed by atoms with van der Waals surface area (Å²) >= 11 is 0. The van der Waals surface area contributed by atoms with Crippen molar-refractivity contribution < 1.29 is 9.42 Å². The molecule has 2 amide bonds. The van der Waals surface area contributed by atoms with Gasteiger partial charge in [-0.2, -0.15) is 0 Å². The third-order valence-electron chi connectivity index (χ3n) is 4.00. The van der Waals surface area contributed by atoms with Gasteiger partial charge in [0.2, 0.25) is 0 Å². The number of nitrogens with one attached hydrogen (secondary N) is 1. The van der Waals surface area contributed by atoms with E-state index in [0.29, 0.717) is 29.8 Å². The molecule has 1 atom stereocenters. The van der Waals surface area contributed by atoms with Gasteiger partial charge in [-0.3, -0.25) is 0 Å². The van der Waals surface area contributed by atoms with Crippen molar-refractivity contribution in [3.05, 3.63) is 12.1 Å². The Balaban J connectivity index is 1.69. The lowest BCUT2D eigenvalue weighted by Crippen LogP contribution is -2.52. The zero-order chi connectivity index (χ0) is 13.7. The van der Waals surface area contributed by atoms with Crippen LogP contribution >= 0.6 is 0 Å². The summed E-state index contributed by atoms with van der Waals surface area (Å²) in [5, 5.41) is 10.7. The first-order valence-corrected chi connectivity index (χ1v) is 6.54. The van der Waals surface area contributed by atoms with Crippen molar-refractivity contribution in [1.82, 2.24) is 20.5 Å². The average molecular weight is 274 g/mol. The van der Waals surface area contributed by atoms with Crippen LogP contribution in [0.1, 0.15) is 0 Å². The highest BCUT2D eigenvalue weighted by Gasteiger charge is 2.36. The van der Waals surface area contributed by atoms with Gasteiger partial charge in [0.1, 0.15) is 0 Å². The number of nitrogens with zero attached hydrogens (tertiary/aromatic N) is 4. The number of carbonyl (C=O) groups is 1. The lowest BCUT2D eigenvalue weighted by molar-refractivity contribution is 0.198. The summed E-state index contributed by atoms with van der Waals surface area (Å²) in [6, 6.07) is 3.97. The largest absolute Gasteiger partial charge is 0.397 e. The molecule has 2 aliphatic heterocycles. The number of hydrogen-bond acceptors (Lipinski definition) is 6. The molecular formula is C12H14N6O2. The molecule has 4 rings (SSSR count). The minimum Gasteiger partial charge on any atom is -0.397 e. The maximum atomic E-state index is 11.6. The fraction of sp³-hybridized carbons (Fsp3) is 0.417. The molecule has 104 valence electrons. The van der Waals surface area contributed by atoms with Crippen molar-refractivity contribution in [3.63, 3.8) is 0 Å². The lowest BCUT2D eigenvalue weighted by atomic mass is 10.1. The van der Waals surface area contributed by atoms with Crippen molar-refractivity contribution in [2.75, 3.05) is 36.8 Å². The van der Waals surface area contributed by atoms with E-state index in [4.69, 9.17) is 10.4 Å². The molecule has 2 aromatic rings. The van der Waals surface area contributed by atoms with Gasteiger partial charge < -0.3 is 20.9 Å². The fourth-order valence-electron chi connectivity index (χ4n) is 2.95. The quantitative estimate of drug-likeness (QED) is 0.711. The van der Waals surface area contributed by atoms with Crippen molar-refractivity contribution in [2.24, 2.45) is 0 Å². The molecule has 20 heavy (non-hydrogen) atoms. The summed E-state index contributed by atoms with van der Waals surface area (Å²) in [4.78, 5) is 15.7. The maximum Gasteiger partial charge on any atom is 0.317 e. The molecule has 0 radical (unpaired) electrons. The topological polar surface area (TPSA) is 101 Å². The molecule has 1 aromatic heterocycles. The van der Waals surface area contributed by atoms with Gasteiger partial charge in [-0.25, -0.2) is 9.42 Å². The van der Waals surface area contributed by atoms with Crippen LogP contribution in [0.15, 0.2) is 16.8 Å². The highest BCUT2D eigenvalue weighted by atomic mass is 16.6. The first-order valence-electron chi connectivity index (χ1n) is 6.54. The van der Waals surface area contributed by atoms with E-state index >= 15 is 0 Å². The summed E-state index contributed by atoms with van der Waals surface area (Å²) < 4.78 is 4.80. The highest BCUT2D eigenvalue weighted by Crippen LogP contribution is 2.30. The molecule has 2 saturated heterocycles. The number of benzene rings is 1. The van der Waals surface area contributed by atoms with Crippen LogP contribution in [0.25, 0.3) is 11.0 Å². The zero-order valence-corrected chi connectivity index (χ0v) is 10.7. The summed E-state index contributed by atoms with van der Waals surface area (Å²) in [6.07, 6.45) is 0. The fourth-order valence-corrected chi connectivity index (χ4v) is 2.95. The summed E-state index contributed by atoms with van der Waals surface area (Å²) in [7, 11) is 0. The van der Waals surface area contributed by atoms with E-state index in [9.17, 15) is 4.79 Å². The predicted octanol–water partition coefficient (Wildman–Crippen LogP) is 0.0188. The van der Waals surface area contributed by atoms with E-state index in [2.05, 4.69) is 20.5 Å². The van der Waals surface area contributed by atoms with E-state index in [-0.39, 0.29) is 12.1 Å². The second-order valence-electron chi connectivity index (χ2n) is 5.11. The van der Waals surface area contributed by atoms with Crippen LogP contribution in [0.4, 0.5) is 16.2 Å². The number of urea groups is 1. The summed E-state index contributed by atoms with van der Waals surface area (Å²) in [5.41, 5.74) is 8.63. The van der Waals surface area contributed by atoms with Crippen LogP contribution in [0.3, 0.4) is 0 Å². The van der Waals surface area contributed by atoms with Crippen LogP contribution in [0, 0.1) is 0 Å². The molecule has 8 heteroatoms. The van der Waals surface area contributed by atoms with E-state index in [0.717, 1.165) is 18.8 Å². The lowest BCUT2D eigenvalue weighted by Gasteiger charge is -2.37. The minimum atomic E-state index is 0.0280. The highest BCUT2D eigenvalue weighted by molar-refractivity contribution is 5.95. The third kappa shape index (κ3) is 1.50. The van der Waals surface area contributed by atoms with Crippen LogP contribution in [-0.4, -0.2) is 53.5 Å². The number of piperazine rings is 1. The van der Waals surface area contributed by atoms with Crippen molar-refractivity contribution in [3.8, 4) is 0 Å². The first kappa shape index (κ1) is 11.3. The number of fused-ring (bicyclic) bond motifs is 2. The van der Waals surface area contributed by atoms with Gasteiger partial charge in [0, 0.05) is 26.2 Å². The molecule has 0 bridgehead atoms. The Labute approximate surface area is 114 Å². The number of nitrogen functional groups attached to an aromatic ring is 1. The number of aromatic nitrogens is 2. The van der Waals surface area contributed by atoms with Crippen molar-refractivity contribution >= 4 is 28.4 Å². The average Bonchev–Trinajstić information content (AvgIpc) is 3.07. The summed E-state index contributed by atoms with van der Waals surface area (Å²) in [5.74, 6) is 0. The van der Waals surface area contributed by atoms with Crippen molar-refractivity contribution in [1.29, 1.82) is 0 Å². The standard InChI is InChI=1S/C12H14N6O2/c13-8-1-2-9(11-10(8)15-20-16-11)17-3-4-18-7(6-17)5-14-12(18)19/h1-2,7H,3-6,13H2,(H,14,19). The molecule has 8 nitrogen and oxygen atoms in total. The van der Waals surface area contributed by atoms with Gasteiger partial charge in [0.15, 0.2) is 11.0 Å². The predicted molar refractivity (Wildman–Crippen MR) is 72.3 cm³/mol. The normalized spacial score (nSPS) is 22.2. The van der Waals surface area contributed by atoms with Gasteiger partial charge in [-0.1, -0.05) is 0 Å². The Morgan fingerprint density at radius 3 is 3.05 bits per heavy atom. The zero-order valence-electron chi connectivity index (χ0n) is 10.7. The molecule has 0 spiro atoms. The van der Waals surface area contributed by atoms with Crippen molar-refractivity contribution in [2.45, 2.75) is 6.04 Å². The Morgan fingerprint density at radius 1 is 1.30 bits per heavy atom. The van der Waals surface area contributed by atoms with Gasteiger partial charge in [-0.05, 0) is 22.4 Å². The number of carbonyl (C=O) groups excluding carboxylic acids is 1. The molecule has 2 aliphatic rings. The number of hydrogen-bond donors (Lipinski definition) is 2. The van der Waals surface area contributed by atoms with E-state index < -0.39 is 0 Å². The molecule has 0 aliphatic carbocycles. The van der Waals surface area contributed by atoms with E-state index in [1.807, 2.05) is 17.0 Å². The smallest absolute Gasteiger partial charge is 0.317 e. The first-order chi connectivity index (χ1) is 9.74. The molecule has 1 aromatic carbocycles. The van der Waals surface area contributed by atoms with Gasteiger partial charge >= 0.3 is 6.03 Å². The van der Waals surface area contributed by atoms with E-state index in [1.54, 1.807) is 0 Å².